The molecule has 0 fully saturated rings. The molecule has 0 aliphatic carbocycles. The monoisotopic (exact) mass is 331 g/mol. The van der Waals surface area contributed by atoms with Gasteiger partial charge in [-0.15, -0.1) is 0 Å². The van der Waals surface area contributed by atoms with Crippen molar-refractivity contribution in [2.24, 2.45) is 0 Å². The lowest BCUT2D eigenvalue weighted by Gasteiger charge is -2.13. The summed E-state index contributed by atoms with van der Waals surface area (Å²) < 4.78 is 6.70. The Morgan fingerprint density at radius 2 is 1.95 bits per heavy atom. The van der Waals surface area contributed by atoms with Crippen LogP contribution < -0.4 is 4.74 Å². The van der Waals surface area contributed by atoms with E-state index in [9.17, 15) is 5.11 Å². The number of rotatable bonds is 4. The third-order valence-electron chi connectivity index (χ3n) is 2.86. The van der Waals surface area contributed by atoms with Crippen molar-refractivity contribution in [2.75, 3.05) is 0 Å². The summed E-state index contributed by atoms with van der Waals surface area (Å²) in [4.78, 5) is 0. The fraction of sp³-hybridized carbons (Fsp3) is 0.188. The molecule has 0 heterocycles. The van der Waals surface area contributed by atoms with Crippen molar-refractivity contribution < 1.29 is 9.84 Å². The third kappa shape index (κ3) is 3.60. The van der Waals surface area contributed by atoms with Crippen LogP contribution in [0.3, 0.4) is 0 Å². The molecule has 1 N–H and O–H groups in total. The summed E-state index contributed by atoms with van der Waals surface area (Å²) in [7, 11) is 0. The molecule has 4 heteroatoms. The van der Waals surface area contributed by atoms with Gasteiger partial charge in [-0.3, -0.25) is 0 Å². The summed E-state index contributed by atoms with van der Waals surface area (Å²) in [6.45, 7) is 1.70. The minimum absolute atomic E-state index is 0.385. The topological polar surface area (TPSA) is 53.2 Å². The average Bonchev–Trinajstić information content (AvgIpc) is 2.41. The summed E-state index contributed by atoms with van der Waals surface area (Å²) in [5.41, 5.74) is 1.68. The molecule has 1 unspecified atom stereocenters. The number of ether oxygens (including phenoxy) is 1. The predicted octanol–water partition coefficient (Wildman–Crippen LogP) is 4.36. The molecular weight excluding hydrogens is 318 g/mol. The van der Waals surface area contributed by atoms with Gasteiger partial charge in [-0.05, 0) is 36.8 Å². The number of hydrogen-bond acceptors (Lipinski definition) is 3. The number of aliphatic hydroxyl groups is 1. The first-order chi connectivity index (χ1) is 9.60. The van der Waals surface area contributed by atoms with Gasteiger partial charge in [0.15, 0.2) is 0 Å². The van der Waals surface area contributed by atoms with Crippen molar-refractivity contribution in [3.63, 3.8) is 0 Å². The van der Waals surface area contributed by atoms with Gasteiger partial charge in [0.05, 0.1) is 18.6 Å². The summed E-state index contributed by atoms with van der Waals surface area (Å²) >= 11 is 3.39. The van der Waals surface area contributed by atoms with Crippen molar-refractivity contribution >= 4 is 15.9 Å². The zero-order chi connectivity index (χ0) is 14.5. The predicted molar refractivity (Wildman–Crippen MR) is 80.6 cm³/mol. The maximum absolute atomic E-state index is 9.76. The Labute approximate surface area is 126 Å². The fourth-order valence-electron chi connectivity index (χ4n) is 1.84. The van der Waals surface area contributed by atoms with E-state index in [1.807, 2.05) is 42.5 Å². The van der Waals surface area contributed by atoms with Gasteiger partial charge in [-0.2, -0.15) is 5.26 Å². The van der Waals surface area contributed by atoms with Crippen LogP contribution >= 0.6 is 15.9 Å². The van der Waals surface area contributed by atoms with Crippen molar-refractivity contribution in [3.05, 3.63) is 58.1 Å². The van der Waals surface area contributed by atoms with Crippen molar-refractivity contribution in [1.29, 1.82) is 5.26 Å². The molecule has 3 nitrogen and oxygen atoms in total. The van der Waals surface area contributed by atoms with Gasteiger partial charge in [-0.25, -0.2) is 0 Å². The molecule has 2 aromatic rings. The van der Waals surface area contributed by atoms with Crippen LogP contribution in [0.1, 0.15) is 24.2 Å². The van der Waals surface area contributed by atoms with E-state index in [0.29, 0.717) is 17.9 Å². The van der Waals surface area contributed by atoms with E-state index in [1.165, 1.54) is 0 Å². The molecule has 0 amide bonds. The highest BCUT2D eigenvalue weighted by molar-refractivity contribution is 9.10. The van der Waals surface area contributed by atoms with Crippen molar-refractivity contribution in [1.82, 2.24) is 0 Å². The van der Waals surface area contributed by atoms with E-state index in [1.54, 1.807) is 6.92 Å². The lowest BCUT2D eigenvalue weighted by atomic mass is 10.1. The molecular formula is C16H14BrNO2. The summed E-state index contributed by atoms with van der Waals surface area (Å²) in [5.74, 6) is 1.29. The Hall–Kier alpha value is -1.83. The highest BCUT2D eigenvalue weighted by atomic mass is 79.9. The second-order valence-corrected chi connectivity index (χ2v) is 5.35. The molecule has 0 aliphatic rings. The molecule has 2 rings (SSSR count). The van der Waals surface area contributed by atoms with Crippen LogP contribution in [-0.2, 0) is 6.42 Å². The van der Waals surface area contributed by atoms with Crippen LogP contribution in [0.5, 0.6) is 11.5 Å². The largest absolute Gasteiger partial charge is 0.457 e. The summed E-state index contributed by atoms with van der Waals surface area (Å²) in [6.07, 6.45) is -0.216. The van der Waals surface area contributed by atoms with Crippen molar-refractivity contribution in [3.8, 4) is 17.6 Å². The van der Waals surface area contributed by atoms with Crippen LogP contribution in [0.25, 0.3) is 0 Å². The molecule has 102 valence electrons. The average molecular weight is 332 g/mol. The molecule has 2 aromatic carbocycles. The molecule has 20 heavy (non-hydrogen) atoms. The summed E-state index contributed by atoms with van der Waals surface area (Å²) in [6, 6.07) is 15.0. The first-order valence-electron chi connectivity index (χ1n) is 6.21. The Balaban J connectivity index is 2.25. The quantitative estimate of drug-likeness (QED) is 0.905. The van der Waals surface area contributed by atoms with Gasteiger partial charge in [0.25, 0.3) is 0 Å². The number of nitriles is 1. The van der Waals surface area contributed by atoms with Crippen molar-refractivity contribution in [2.45, 2.75) is 19.4 Å². The normalized spacial score (nSPS) is 11.7. The lowest BCUT2D eigenvalue weighted by molar-refractivity contribution is 0.195. The standard InChI is InChI=1S/C16H14BrNO2/c1-11(19)15-7-4-13(17)10-16(15)20-14-5-2-12(3-6-14)8-9-18/h2-7,10-11,19H,8H2,1H3. The first kappa shape index (κ1) is 14.6. The molecule has 0 bridgehead atoms. The Kier molecular flexibility index (Phi) is 4.78. The van der Waals surface area contributed by atoms with Gasteiger partial charge in [-0.1, -0.05) is 34.1 Å². The van der Waals surface area contributed by atoms with E-state index >= 15 is 0 Å². The highest BCUT2D eigenvalue weighted by Crippen LogP contribution is 2.32. The molecule has 0 aliphatic heterocycles. The number of hydrogen-bond donors (Lipinski definition) is 1. The number of aliphatic hydroxyl groups excluding tert-OH is 1. The van der Waals surface area contributed by atoms with E-state index in [4.69, 9.17) is 10.00 Å². The van der Waals surface area contributed by atoms with E-state index in [0.717, 1.165) is 15.6 Å². The molecule has 0 aromatic heterocycles. The Morgan fingerprint density at radius 1 is 1.25 bits per heavy atom. The first-order valence-corrected chi connectivity index (χ1v) is 7.00. The Bertz CT molecular complexity index is 630. The van der Waals surface area contributed by atoms with Crippen LogP contribution in [0.15, 0.2) is 46.9 Å². The molecule has 0 spiro atoms. The second kappa shape index (κ2) is 6.56. The zero-order valence-electron chi connectivity index (χ0n) is 11.0. The van der Waals surface area contributed by atoms with Gasteiger partial charge in [0.1, 0.15) is 11.5 Å². The number of benzene rings is 2. The number of halogens is 1. The third-order valence-corrected chi connectivity index (χ3v) is 3.35. The van der Waals surface area contributed by atoms with Crippen LogP contribution in [0.4, 0.5) is 0 Å². The van der Waals surface area contributed by atoms with E-state index in [-0.39, 0.29) is 0 Å². The van der Waals surface area contributed by atoms with Gasteiger partial charge in [0.2, 0.25) is 0 Å². The van der Waals surface area contributed by atoms with Gasteiger partial charge in [0, 0.05) is 10.0 Å². The van der Waals surface area contributed by atoms with Crippen LogP contribution in [0, 0.1) is 11.3 Å². The lowest BCUT2D eigenvalue weighted by Crippen LogP contribution is -1.96. The summed E-state index contributed by atoms with van der Waals surface area (Å²) in [5, 5.41) is 18.4. The molecule has 0 saturated heterocycles. The molecule has 0 radical (unpaired) electrons. The van der Waals surface area contributed by atoms with Crippen LogP contribution in [0.2, 0.25) is 0 Å². The Morgan fingerprint density at radius 3 is 2.55 bits per heavy atom. The second-order valence-electron chi connectivity index (χ2n) is 4.44. The van der Waals surface area contributed by atoms with Gasteiger partial charge >= 0.3 is 0 Å². The van der Waals surface area contributed by atoms with Crippen LogP contribution in [-0.4, -0.2) is 5.11 Å². The number of nitrogens with zero attached hydrogens (tertiary/aromatic N) is 1. The van der Waals surface area contributed by atoms with E-state index in [2.05, 4.69) is 22.0 Å². The van der Waals surface area contributed by atoms with E-state index < -0.39 is 6.10 Å². The smallest absolute Gasteiger partial charge is 0.134 e. The minimum atomic E-state index is -0.601. The maximum Gasteiger partial charge on any atom is 0.134 e. The highest BCUT2D eigenvalue weighted by Gasteiger charge is 2.10. The van der Waals surface area contributed by atoms with Gasteiger partial charge < -0.3 is 9.84 Å². The SMILES string of the molecule is CC(O)c1ccc(Br)cc1Oc1ccc(CC#N)cc1. The fourth-order valence-corrected chi connectivity index (χ4v) is 2.18. The molecule has 1 atom stereocenters. The maximum atomic E-state index is 9.76. The minimum Gasteiger partial charge on any atom is -0.457 e. The zero-order valence-corrected chi connectivity index (χ0v) is 12.6. The molecule has 0 saturated carbocycles.